The molecule has 0 saturated carbocycles. The highest BCUT2D eigenvalue weighted by Gasteiger charge is 2.49. The molecule has 0 N–H and O–H groups in total. The van der Waals surface area contributed by atoms with Gasteiger partial charge in [0.1, 0.15) is 5.75 Å². The molecule has 2 aromatic rings. The number of rotatable bonds is 3. The molecular weight excluding hydrogens is 352 g/mol. The van der Waals surface area contributed by atoms with Crippen LogP contribution in [0.2, 0.25) is 0 Å². The Balaban J connectivity index is 1.63. The molecule has 6 heteroatoms. The van der Waals surface area contributed by atoms with Crippen LogP contribution in [0.15, 0.2) is 24.3 Å². The van der Waals surface area contributed by atoms with Gasteiger partial charge in [0.2, 0.25) is 11.9 Å². The Morgan fingerprint density at radius 2 is 1.68 bits per heavy atom. The molecule has 0 radical (unpaired) electrons. The number of hydrogen-bond acceptors (Lipinski definition) is 5. The molecule has 28 heavy (non-hydrogen) atoms. The van der Waals surface area contributed by atoms with Gasteiger partial charge in [-0.1, -0.05) is 12.1 Å². The number of hydrogen-bond donors (Lipinski definition) is 0. The fourth-order valence-electron chi connectivity index (χ4n) is 4.66. The van der Waals surface area contributed by atoms with Crippen molar-refractivity contribution in [2.24, 2.45) is 11.8 Å². The Morgan fingerprint density at radius 3 is 2.25 bits per heavy atom. The lowest BCUT2D eigenvalue weighted by Crippen LogP contribution is -2.34. The topological polar surface area (TPSA) is 58.6 Å². The van der Waals surface area contributed by atoms with Gasteiger partial charge in [-0.25, -0.2) is 9.97 Å². The van der Waals surface area contributed by atoms with E-state index in [1.54, 1.807) is 14.0 Å². The summed E-state index contributed by atoms with van der Waals surface area (Å²) in [6, 6.07) is 8.21. The highest BCUT2D eigenvalue weighted by Crippen LogP contribution is 2.45. The maximum atomic E-state index is 12.3. The van der Waals surface area contributed by atoms with Gasteiger partial charge in [-0.05, 0) is 44.0 Å². The van der Waals surface area contributed by atoms with E-state index in [-0.39, 0.29) is 11.9 Å². The van der Waals surface area contributed by atoms with Crippen LogP contribution in [-0.2, 0) is 4.79 Å². The minimum atomic E-state index is 0.0889. The number of anilines is 1. The average Bonchev–Trinajstić information content (AvgIpc) is 3.24. The molecule has 2 fully saturated rings. The van der Waals surface area contributed by atoms with Gasteiger partial charge in [-0.3, -0.25) is 4.79 Å². The Kier molecular flexibility index (Phi) is 4.73. The van der Waals surface area contributed by atoms with Crippen LogP contribution in [0.1, 0.15) is 35.5 Å². The van der Waals surface area contributed by atoms with E-state index in [1.165, 1.54) is 5.56 Å². The second-order valence-electron chi connectivity index (χ2n) is 8.04. The standard InChI is InChI=1S/C22H28N4O2/c1-13-14(2)23-22(24-15(13)3)25-10-18-11-26(16(4)27)21(20(18)12-25)17-6-8-19(28-5)9-7-17/h6-9,18,20-21H,10-12H2,1-5H3/t18-,20-,21+/m1/s1. The van der Waals surface area contributed by atoms with Crippen LogP contribution in [0.5, 0.6) is 5.75 Å². The van der Waals surface area contributed by atoms with Gasteiger partial charge in [0.15, 0.2) is 0 Å². The third kappa shape index (κ3) is 3.11. The summed E-state index contributed by atoms with van der Waals surface area (Å²) in [6.07, 6.45) is 0. The first kappa shape index (κ1) is 18.7. The molecule has 0 aliphatic carbocycles. The summed E-state index contributed by atoms with van der Waals surface area (Å²) in [5, 5.41) is 0. The fourth-order valence-corrected chi connectivity index (χ4v) is 4.66. The summed E-state index contributed by atoms with van der Waals surface area (Å²) in [5.41, 5.74) is 4.40. The average molecular weight is 380 g/mol. The molecule has 2 saturated heterocycles. The van der Waals surface area contributed by atoms with Gasteiger partial charge < -0.3 is 14.5 Å². The van der Waals surface area contributed by atoms with Crippen LogP contribution in [-0.4, -0.2) is 47.5 Å². The first-order valence-electron chi connectivity index (χ1n) is 9.87. The van der Waals surface area contributed by atoms with Crippen LogP contribution in [0, 0.1) is 32.6 Å². The highest BCUT2D eigenvalue weighted by atomic mass is 16.5. The van der Waals surface area contributed by atoms with Crippen LogP contribution >= 0.6 is 0 Å². The zero-order valence-electron chi connectivity index (χ0n) is 17.3. The van der Waals surface area contributed by atoms with Crippen molar-refractivity contribution in [1.29, 1.82) is 0 Å². The highest BCUT2D eigenvalue weighted by molar-refractivity contribution is 5.74. The first-order chi connectivity index (χ1) is 13.4. The van der Waals surface area contributed by atoms with E-state index in [4.69, 9.17) is 14.7 Å². The summed E-state index contributed by atoms with van der Waals surface area (Å²) in [5.74, 6) is 2.60. The van der Waals surface area contributed by atoms with Crippen molar-refractivity contribution in [2.45, 2.75) is 33.7 Å². The predicted molar refractivity (Wildman–Crippen MR) is 109 cm³/mol. The number of methoxy groups -OCH3 is 1. The van der Waals surface area contributed by atoms with Gasteiger partial charge >= 0.3 is 0 Å². The molecule has 0 unspecified atom stereocenters. The van der Waals surface area contributed by atoms with Gasteiger partial charge in [-0.2, -0.15) is 0 Å². The van der Waals surface area contributed by atoms with Crippen LogP contribution < -0.4 is 9.64 Å². The molecule has 2 aliphatic rings. The Labute approximate surface area is 166 Å². The van der Waals surface area contributed by atoms with Crippen LogP contribution in [0.3, 0.4) is 0 Å². The summed E-state index contributed by atoms with van der Waals surface area (Å²) < 4.78 is 5.29. The van der Waals surface area contributed by atoms with E-state index in [2.05, 4.69) is 24.0 Å². The molecule has 1 aromatic carbocycles. The van der Waals surface area contributed by atoms with E-state index in [0.29, 0.717) is 11.8 Å². The molecule has 3 heterocycles. The molecule has 1 amide bonds. The second-order valence-corrected chi connectivity index (χ2v) is 8.04. The van der Waals surface area contributed by atoms with E-state index in [9.17, 15) is 4.79 Å². The number of benzene rings is 1. The Bertz CT molecular complexity index is 873. The molecule has 3 atom stereocenters. The van der Waals surface area contributed by atoms with Crippen molar-refractivity contribution < 1.29 is 9.53 Å². The first-order valence-corrected chi connectivity index (χ1v) is 9.87. The number of aryl methyl sites for hydroxylation is 2. The third-order valence-corrected chi connectivity index (χ3v) is 6.43. The van der Waals surface area contributed by atoms with E-state index < -0.39 is 0 Å². The predicted octanol–water partition coefficient (Wildman–Crippen LogP) is 3.07. The monoisotopic (exact) mass is 380 g/mol. The van der Waals surface area contributed by atoms with Crippen molar-refractivity contribution in [1.82, 2.24) is 14.9 Å². The quantitative estimate of drug-likeness (QED) is 0.819. The summed E-state index contributed by atoms with van der Waals surface area (Å²) >= 11 is 0. The van der Waals surface area contributed by atoms with Crippen molar-refractivity contribution in [3.8, 4) is 5.75 Å². The Hall–Kier alpha value is -2.63. The number of likely N-dealkylation sites (tertiary alicyclic amines) is 1. The SMILES string of the molecule is COc1ccc([C@H]2[C@@H]3CN(c4nc(C)c(C)c(C)n4)C[C@@H]3CN2C(C)=O)cc1. The summed E-state index contributed by atoms with van der Waals surface area (Å²) in [7, 11) is 1.67. The number of aromatic nitrogens is 2. The molecule has 0 bridgehead atoms. The van der Waals surface area contributed by atoms with Gasteiger partial charge in [0.25, 0.3) is 0 Å². The van der Waals surface area contributed by atoms with Gasteiger partial charge in [0, 0.05) is 49.8 Å². The number of ether oxygens (including phenoxy) is 1. The Morgan fingerprint density at radius 1 is 1.04 bits per heavy atom. The number of nitrogens with zero attached hydrogens (tertiary/aromatic N) is 4. The number of amides is 1. The van der Waals surface area contributed by atoms with Crippen molar-refractivity contribution in [3.63, 3.8) is 0 Å². The zero-order chi connectivity index (χ0) is 20.0. The van der Waals surface area contributed by atoms with Crippen molar-refractivity contribution >= 4 is 11.9 Å². The molecule has 2 aliphatic heterocycles. The van der Waals surface area contributed by atoms with E-state index in [0.717, 1.165) is 48.3 Å². The van der Waals surface area contributed by atoms with E-state index >= 15 is 0 Å². The minimum Gasteiger partial charge on any atom is -0.497 e. The molecular formula is C22H28N4O2. The molecule has 1 aromatic heterocycles. The lowest BCUT2D eigenvalue weighted by molar-refractivity contribution is -0.130. The fraction of sp³-hybridized carbons (Fsp3) is 0.500. The minimum absolute atomic E-state index is 0.0889. The summed E-state index contributed by atoms with van der Waals surface area (Å²) in [6.45, 7) is 10.4. The van der Waals surface area contributed by atoms with Crippen LogP contribution in [0.4, 0.5) is 5.95 Å². The van der Waals surface area contributed by atoms with Gasteiger partial charge in [-0.15, -0.1) is 0 Å². The van der Waals surface area contributed by atoms with Crippen molar-refractivity contribution in [2.75, 3.05) is 31.6 Å². The maximum absolute atomic E-state index is 12.3. The smallest absolute Gasteiger partial charge is 0.225 e. The molecule has 6 nitrogen and oxygen atoms in total. The maximum Gasteiger partial charge on any atom is 0.225 e. The van der Waals surface area contributed by atoms with Crippen LogP contribution in [0.25, 0.3) is 0 Å². The lowest BCUT2D eigenvalue weighted by atomic mass is 9.89. The van der Waals surface area contributed by atoms with Gasteiger partial charge in [0.05, 0.1) is 13.2 Å². The zero-order valence-corrected chi connectivity index (χ0v) is 17.3. The number of fused-ring (bicyclic) bond motifs is 1. The second kappa shape index (κ2) is 7.08. The molecule has 0 spiro atoms. The number of carbonyl (C=O) groups is 1. The summed E-state index contributed by atoms with van der Waals surface area (Å²) in [4.78, 5) is 26.1. The number of carbonyl (C=O) groups excluding carboxylic acids is 1. The lowest BCUT2D eigenvalue weighted by Gasteiger charge is -2.29. The van der Waals surface area contributed by atoms with Crippen molar-refractivity contribution in [3.05, 3.63) is 46.8 Å². The normalized spacial score (nSPS) is 23.8. The third-order valence-electron chi connectivity index (χ3n) is 6.43. The molecule has 148 valence electrons. The molecule has 4 rings (SSSR count). The van der Waals surface area contributed by atoms with E-state index in [1.807, 2.05) is 30.9 Å². The largest absolute Gasteiger partial charge is 0.497 e.